The number of hydrogen-bond acceptors (Lipinski definition) is 4. The fraction of sp³-hybridized carbons (Fsp3) is 0.0833. The minimum atomic E-state index is -0.597. The van der Waals surface area contributed by atoms with E-state index in [2.05, 4.69) is 21.1 Å². The van der Waals surface area contributed by atoms with Crippen molar-refractivity contribution in [3.8, 4) is 5.75 Å². The molecule has 0 atom stereocenters. The molecule has 0 aliphatic carbocycles. The summed E-state index contributed by atoms with van der Waals surface area (Å²) in [6.45, 7) is 0.283. The molecule has 1 aromatic heterocycles. The van der Waals surface area contributed by atoms with Crippen molar-refractivity contribution in [2.24, 2.45) is 10.9 Å². The summed E-state index contributed by atoms with van der Waals surface area (Å²) in [6.07, 6.45) is 0. The smallest absolute Gasteiger partial charge is 0.176 e. The lowest BCUT2D eigenvalue weighted by Crippen LogP contribution is -2.16. The highest BCUT2D eigenvalue weighted by Gasteiger charge is 2.14. The molecule has 0 bridgehead atoms. The van der Waals surface area contributed by atoms with Crippen LogP contribution < -0.4 is 10.5 Å². The first-order valence-corrected chi connectivity index (χ1v) is 6.86. The van der Waals surface area contributed by atoms with Gasteiger partial charge in [-0.25, -0.2) is 4.39 Å². The predicted molar refractivity (Wildman–Crippen MR) is 75.3 cm³/mol. The molecule has 100 valence electrons. The quantitative estimate of drug-likeness (QED) is 0.387. The van der Waals surface area contributed by atoms with Gasteiger partial charge in [0, 0.05) is 4.88 Å². The lowest BCUT2D eigenvalue weighted by molar-refractivity contribution is 0.304. The van der Waals surface area contributed by atoms with Gasteiger partial charge in [-0.15, -0.1) is 11.3 Å². The van der Waals surface area contributed by atoms with Crippen LogP contribution in [0.1, 0.15) is 10.4 Å². The molecule has 19 heavy (non-hydrogen) atoms. The minimum Gasteiger partial charge on any atom is -0.487 e. The van der Waals surface area contributed by atoms with Crippen LogP contribution in [0.4, 0.5) is 4.39 Å². The van der Waals surface area contributed by atoms with E-state index in [1.54, 1.807) is 6.07 Å². The number of nitrogens with two attached hydrogens (primary N) is 1. The number of ether oxygens (including phenoxy) is 1. The zero-order valence-electron chi connectivity index (χ0n) is 9.64. The molecule has 1 aromatic carbocycles. The number of amidine groups is 1. The van der Waals surface area contributed by atoms with Crippen LogP contribution in [0, 0.1) is 5.82 Å². The number of thiophene rings is 1. The molecule has 1 heterocycles. The van der Waals surface area contributed by atoms with Crippen molar-refractivity contribution in [3.05, 3.63) is 50.4 Å². The second kappa shape index (κ2) is 6.03. The number of halogens is 2. The maximum absolute atomic E-state index is 13.7. The largest absolute Gasteiger partial charge is 0.487 e. The standard InChI is InChI=1S/C12H10BrFN2O2S/c13-10-5-4-7(19-10)6-18-9-3-1-2-8(14)11(9)12(15)16-17/h1-5,17H,6H2,(H2,15,16). The Morgan fingerprint density at radius 1 is 1.42 bits per heavy atom. The number of rotatable bonds is 4. The van der Waals surface area contributed by atoms with Crippen molar-refractivity contribution in [1.82, 2.24) is 0 Å². The molecular formula is C12H10BrFN2O2S. The Morgan fingerprint density at radius 2 is 2.21 bits per heavy atom. The first-order chi connectivity index (χ1) is 9.11. The van der Waals surface area contributed by atoms with Crippen LogP contribution in [0.25, 0.3) is 0 Å². The van der Waals surface area contributed by atoms with Gasteiger partial charge >= 0.3 is 0 Å². The topological polar surface area (TPSA) is 67.8 Å². The Morgan fingerprint density at radius 3 is 2.84 bits per heavy atom. The predicted octanol–water partition coefficient (Wildman–Crippen LogP) is 3.32. The molecule has 2 aromatic rings. The van der Waals surface area contributed by atoms with Crippen molar-refractivity contribution in [1.29, 1.82) is 0 Å². The van der Waals surface area contributed by atoms with E-state index in [0.717, 1.165) is 8.66 Å². The molecule has 0 aliphatic heterocycles. The second-order valence-electron chi connectivity index (χ2n) is 3.59. The molecule has 0 saturated carbocycles. The molecule has 0 radical (unpaired) electrons. The number of hydrogen-bond donors (Lipinski definition) is 2. The van der Waals surface area contributed by atoms with Crippen molar-refractivity contribution in [3.63, 3.8) is 0 Å². The van der Waals surface area contributed by atoms with Gasteiger partial charge in [0.25, 0.3) is 0 Å². The highest BCUT2D eigenvalue weighted by Crippen LogP contribution is 2.26. The number of benzene rings is 1. The summed E-state index contributed by atoms with van der Waals surface area (Å²) in [7, 11) is 0. The van der Waals surface area contributed by atoms with E-state index in [9.17, 15) is 4.39 Å². The highest BCUT2D eigenvalue weighted by atomic mass is 79.9. The molecule has 0 amide bonds. The Labute approximate surface area is 121 Å². The van der Waals surface area contributed by atoms with Crippen LogP contribution in [-0.2, 0) is 6.61 Å². The zero-order valence-corrected chi connectivity index (χ0v) is 12.0. The fourth-order valence-electron chi connectivity index (χ4n) is 1.50. The lowest BCUT2D eigenvalue weighted by atomic mass is 10.1. The van der Waals surface area contributed by atoms with Gasteiger partial charge in [0.2, 0.25) is 0 Å². The van der Waals surface area contributed by atoms with Gasteiger partial charge in [-0.05, 0) is 40.2 Å². The van der Waals surface area contributed by atoms with E-state index in [1.165, 1.54) is 23.5 Å². The van der Waals surface area contributed by atoms with Crippen LogP contribution in [0.2, 0.25) is 0 Å². The first-order valence-electron chi connectivity index (χ1n) is 5.25. The summed E-state index contributed by atoms with van der Waals surface area (Å²) < 4.78 is 20.2. The fourth-order valence-corrected chi connectivity index (χ4v) is 2.90. The Bertz CT molecular complexity index is 616. The molecule has 0 aliphatic rings. The summed E-state index contributed by atoms with van der Waals surface area (Å²) in [4.78, 5) is 0.974. The van der Waals surface area contributed by atoms with E-state index < -0.39 is 5.82 Å². The van der Waals surface area contributed by atoms with E-state index in [-0.39, 0.29) is 23.8 Å². The van der Waals surface area contributed by atoms with Crippen molar-refractivity contribution >= 4 is 33.1 Å². The molecule has 3 N–H and O–H groups in total. The van der Waals surface area contributed by atoms with Gasteiger partial charge in [0.1, 0.15) is 18.2 Å². The van der Waals surface area contributed by atoms with E-state index in [4.69, 9.17) is 15.7 Å². The number of nitrogens with zero attached hydrogens (tertiary/aromatic N) is 1. The van der Waals surface area contributed by atoms with Gasteiger partial charge < -0.3 is 15.7 Å². The molecule has 0 unspecified atom stereocenters. The molecule has 7 heteroatoms. The Balaban J connectivity index is 2.23. The summed E-state index contributed by atoms with van der Waals surface area (Å²) in [6, 6.07) is 8.10. The molecule has 0 spiro atoms. The molecular weight excluding hydrogens is 335 g/mol. The van der Waals surface area contributed by atoms with Crippen molar-refractivity contribution < 1.29 is 14.3 Å². The van der Waals surface area contributed by atoms with Crippen molar-refractivity contribution in [2.45, 2.75) is 6.61 Å². The van der Waals surface area contributed by atoms with E-state index in [1.807, 2.05) is 12.1 Å². The normalized spacial score (nSPS) is 11.6. The van der Waals surface area contributed by atoms with Crippen LogP contribution in [-0.4, -0.2) is 11.0 Å². The lowest BCUT2D eigenvalue weighted by Gasteiger charge is -2.10. The Hall–Kier alpha value is -1.60. The average Bonchev–Trinajstić information content (AvgIpc) is 2.81. The summed E-state index contributed by atoms with van der Waals surface area (Å²) in [5, 5.41) is 11.5. The molecule has 4 nitrogen and oxygen atoms in total. The van der Waals surface area contributed by atoms with Crippen molar-refractivity contribution in [2.75, 3.05) is 0 Å². The molecule has 2 rings (SSSR count). The third-order valence-corrected chi connectivity index (χ3v) is 3.94. The zero-order chi connectivity index (χ0) is 13.8. The monoisotopic (exact) mass is 344 g/mol. The van der Waals surface area contributed by atoms with Gasteiger partial charge in [0.05, 0.1) is 9.35 Å². The third kappa shape index (κ3) is 3.24. The Kier molecular flexibility index (Phi) is 4.39. The maximum atomic E-state index is 13.7. The van der Waals surface area contributed by atoms with E-state index >= 15 is 0 Å². The summed E-state index contributed by atoms with van der Waals surface area (Å²) in [5.74, 6) is -0.680. The summed E-state index contributed by atoms with van der Waals surface area (Å²) >= 11 is 4.87. The van der Waals surface area contributed by atoms with Gasteiger partial charge in [0.15, 0.2) is 5.84 Å². The average molecular weight is 345 g/mol. The van der Waals surface area contributed by atoms with Gasteiger partial charge in [-0.2, -0.15) is 0 Å². The number of oxime groups is 1. The van der Waals surface area contributed by atoms with Gasteiger partial charge in [-0.1, -0.05) is 11.2 Å². The van der Waals surface area contributed by atoms with Crippen LogP contribution >= 0.6 is 27.3 Å². The SMILES string of the molecule is N/C(=N\O)c1c(F)cccc1OCc1ccc(Br)s1. The van der Waals surface area contributed by atoms with E-state index in [0.29, 0.717) is 0 Å². The molecule has 0 fully saturated rings. The first kappa shape index (κ1) is 13.8. The maximum Gasteiger partial charge on any atom is 0.176 e. The highest BCUT2D eigenvalue weighted by molar-refractivity contribution is 9.11. The summed E-state index contributed by atoms with van der Waals surface area (Å²) in [5.41, 5.74) is 5.40. The minimum absolute atomic E-state index is 0.0411. The second-order valence-corrected chi connectivity index (χ2v) is 6.14. The molecule has 0 saturated heterocycles. The van der Waals surface area contributed by atoms with Crippen LogP contribution in [0.5, 0.6) is 5.75 Å². The van der Waals surface area contributed by atoms with Crippen LogP contribution in [0.15, 0.2) is 39.3 Å². The van der Waals surface area contributed by atoms with Crippen LogP contribution in [0.3, 0.4) is 0 Å². The van der Waals surface area contributed by atoms with Gasteiger partial charge in [-0.3, -0.25) is 0 Å². The third-order valence-electron chi connectivity index (χ3n) is 2.34.